The minimum atomic E-state index is -0.919. The summed E-state index contributed by atoms with van der Waals surface area (Å²) in [5.41, 5.74) is -0.173. The molecule has 0 aliphatic heterocycles. The van der Waals surface area contributed by atoms with Crippen LogP contribution in [0.5, 0.6) is 11.5 Å². The van der Waals surface area contributed by atoms with E-state index >= 15 is 0 Å². The Morgan fingerprint density at radius 2 is 1.57 bits per heavy atom. The van der Waals surface area contributed by atoms with Crippen LogP contribution in [-0.2, 0) is 10.2 Å². The van der Waals surface area contributed by atoms with Gasteiger partial charge in [-0.1, -0.05) is 48.5 Å². The molecule has 0 heterocycles. The lowest BCUT2D eigenvalue weighted by atomic mass is 9.85. The lowest BCUT2D eigenvalue weighted by Gasteiger charge is -2.20. The smallest absolute Gasteiger partial charge is 0.313 e. The van der Waals surface area contributed by atoms with E-state index in [0.717, 1.165) is 22.1 Å². The highest BCUT2D eigenvalue weighted by molar-refractivity contribution is 5.88. The van der Waals surface area contributed by atoms with Crippen LogP contribution in [0.3, 0.4) is 0 Å². The number of rotatable bonds is 4. The highest BCUT2D eigenvalue weighted by atomic mass is 16.5. The number of fused-ring (bicyclic) bond motifs is 1. The standard InChI is InChI=1S/C20H18O3/c1-20(2,19(21)22)15-10-12-16(13-11-15)23-18-9-5-7-14-6-3-4-8-17(14)18/h3-13H,1-2H3,(H,21,22). The lowest BCUT2D eigenvalue weighted by molar-refractivity contribution is -0.142. The molecule has 3 rings (SSSR count). The van der Waals surface area contributed by atoms with Gasteiger partial charge in [0, 0.05) is 5.39 Å². The van der Waals surface area contributed by atoms with E-state index in [1.165, 1.54) is 0 Å². The summed E-state index contributed by atoms with van der Waals surface area (Å²) in [6.07, 6.45) is 0. The normalized spacial score (nSPS) is 11.4. The van der Waals surface area contributed by atoms with Gasteiger partial charge in [-0.25, -0.2) is 0 Å². The van der Waals surface area contributed by atoms with Crippen LogP contribution in [0.2, 0.25) is 0 Å². The minimum Gasteiger partial charge on any atom is -0.481 e. The van der Waals surface area contributed by atoms with Crippen molar-refractivity contribution in [2.75, 3.05) is 0 Å². The number of aliphatic carboxylic acids is 1. The number of ether oxygens (including phenoxy) is 1. The molecule has 0 bridgehead atoms. The monoisotopic (exact) mass is 306 g/mol. The third-order valence-electron chi connectivity index (χ3n) is 4.09. The maximum absolute atomic E-state index is 11.3. The van der Waals surface area contributed by atoms with Gasteiger partial charge in [0.25, 0.3) is 0 Å². The molecular formula is C20H18O3. The van der Waals surface area contributed by atoms with Gasteiger partial charge >= 0.3 is 5.97 Å². The first-order valence-electron chi connectivity index (χ1n) is 7.48. The summed E-state index contributed by atoms with van der Waals surface area (Å²) in [6, 6.07) is 21.2. The first kappa shape index (κ1) is 15.1. The summed E-state index contributed by atoms with van der Waals surface area (Å²) in [5.74, 6) is 0.625. The molecule has 0 saturated carbocycles. The first-order chi connectivity index (χ1) is 11.0. The van der Waals surface area contributed by atoms with Crippen molar-refractivity contribution in [1.82, 2.24) is 0 Å². The molecule has 0 unspecified atom stereocenters. The van der Waals surface area contributed by atoms with Crippen molar-refractivity contribution >= 4 is 16.7 Å². The second-order valence-corrected chi connectivity index (χ2v) is 6.03. The van der Waals surface area contributed by atoms with Gasteiger partial charge in [-0.2, -0.15) is 0 Å². The third kappa shape index (κ3) is 2.90. The van der Waals surface area contributed by atoms with Crippen LogP contribution in [0.15, 0.2) is 66.7 Å². The van der Waals surface area contributed by atoms with Crippen molar-refractivity contribution in [3.05, 3.63) is 72.3 Å². The molecule has 0 aliphatic rings. The summed E-state index contributed by atoms with van der Waals surface area (Å²) >= 11 is 0. The Balaban J connectivity index is 1.90. The van der Waals surface area contributed by atoms with E-state index in [1.54, 1.807) is 26.0 Å². The number of carbonyl (C=O) groups is 1. The maximum atomic E-state index is 11.3. The van der Waals surface area contributed by atoms with Crippen LogP contribution in [-0.4, -0.2) is 11.1 Å². The van der Waals surface area contributed by atoms with Crippen LogP contribution in [0.1, 0.15) is 19.4 Å². The van der Waals surface area contributed by atoms with Crippen LogP contribution in [0.4, 0.5) is 0 Å². The molecule has 1 N–H and O–H groups in total. The highest BCUT2D eigenvalue weighted by Crippen LogP contribution is 2.31. The molecular weight excluding hydrogens is 288 g/mol. The van der Waals surface area contributed by atoms with E-state index in [0.29, 0.717) is 5.75 Å². The highest BCUT2D eigenvalue weighted by Gasteiger charge is 2.29. The topological polar surface area (TPSA) is 46.5 Å². The van der Waals surface area contributed by atoms with E-state index in [-0.39, 0.29) is 0 Å². The minimum absolute atomic E-state index is 0.686. The van der Waals surface area contributed by atoms with E-state index in [4.69, 9.17) is 4.74 Å². The van der Waals surface area contributed by atoms with Crippen LogP contribution < -0.4 is 4.74 Å². The van der Waals surface area contributed by atoms with Crippen LogP contribution in [0, 0.1) is 0 Å². The zero-order chi connectivity index (χ0) is 16.4. The molecule has 0 aromatic heterocycles. The van der Waals surface area contributed by atoms with Crippen molar-refractivity contribution in [2.24, 2.45) is 0 Å². The molecule has 3 heteroatoms. The van der Waals surface area contributed by atoms with Crippen LogP contribution in [0.25, 0.3) is 10.8 Å². The van der Waals surface area contributed by atoms with Gasteiger partial charge in [-0.3, -0.25) is 4.79 Å². The molecule has 3 nitrogen and oxygen atoms in total. The Morgan fingerprint density at radius 3 is 2.26 bits per heavy atom. The average Bonchev–Trinajstić information content (AvgIpc) is 2.55. The van der Waals surface area contributed by atoms with Gasteiger partial charge in [0.2, 0.25) is 0 Å². The summed E-state index contributed by atoms with van der Waals surface area (Å²) in [5, 5.41) is 11.5. The average molecular weight is 306 g/mol. The molecule has 0 aliphatic carbocycles. The second-order valence-electron chi connectivity index (χ2n) is 6.03. The second kappa shape index (κ2) is 5.76. The Bertz CT molecular complexity index is 843. The zero-order valence-corrected chi connectivity index (χ0v) is 13.1. The Morgan fingerprint density at radius 1 is 0.913 bits per heavy atom. The van der Waals surface area contributed by atoms with Crippen molar-refractivity contribution < 1.29 is 14.6 Å². The zero-order valence-electron chi connectivity index (χ0n) is 13.1. The summed E-state index contributed by atoms with van der Waals surface area (Å²) in [4.78, 5) is 11.3. The molecule has 116 valence electrons. The van der Waals surface area contributed by atoms with E-state index < -0.39 is 11.4 Å². The third-order valence-corrected chi connectivity index (χ3v) is 4.09. The number of hydrogen-bond acceptors (Lipinski definition) is 2. The first-order valence-corrected chi connectivity index (χ1v) is 7.48. The SMILES string of the molecule is CC(C)(C(=O)O)c1ccc(Oc2cccc3ccccc23)cc1. The van der Waals surface area contributed by atoms with Crippen molar-refractivity contribution in [3.63, 3.8) is 0 Å². The summed E-state index contributed by atoms with van der Waals surface area (Å²) in [6.45, 7) is 3.38. The number of hydrogen-bond donors (Lipinski definition) is 1. The predicted octanol–water partition coefficient (Wildman–Crippen LogP) is 4.99. The van der Waals surface area contributed by atoms with E-state index in [2.05, 4.69) is 0 Å². The largest absolute Gasteiger partial charge is 0.481 e. The fourth-order valence-corrected chi connectivity index (χ4v) is 2.47. The summed E-state index contributed by atoms with van der Waals surface area (Å²) in [7, 11) is 0. The number of benzene rings is 3. The van der Waals surface area contributed by atoms with Gasteiger partial charge in [-0.05, 0) is 43.0 Å². The molecule has 0 fully saturated rings. The van der Waals surface area contributed by atoms with Gasteiger partial charge in [-0.15, -0.1) is 0 Å². The fraction of sp³-hybridized carbons (Fsp3) is 0.150. The molecule has 0 spiro atoms. The summed E-state index contributed by atoms with van der Waals surface area (Å²) < 4.78 is 5.97. The molecule has 23 heavy (non-hydrogen) atoms. The number of carboxylic acids is 1. The van der Waals surface area contributed by atoms with Gasteiger partial charge in [0.05, 0.1) is 5.41 Å². The molecule has 0 radical (unpaired) electrons. The van der Waals surface area contributed by atoms with Crippen LogP contribution >= 0.6 is 0 Å². The molecule has 0 atom stereocenters. The Hall–Kier alpha value is -2.81. The maximum Gasteiger partial charge on any atom is 0.313 e. The van der Waals surface area contributed by atoms with E-state index in [1.807, 2.05) is 54.6 Å². The van der Waals surface area contributed by atoms with Crippen molar-refractivity contribution in [2.45, 2.75) is 19.3 Å². The van der Waals surface area contributed by atoms with Gasteiger partial charge in [0.15, 0.2) is 0 Å². The quantitative estimate of drug-likeness (QED) is 0.738. The molecule has 3 aromatic carbocycles. The van der Waals surface area contributed by atoms with Crippen molar-refractivity contribution in [1.29, 1.82) is 0 Å². The molecule has 0 saturated heterocycles. The molecule has 3 aromatic rings. The van der Waals surface area contributed by atoms with Gasteiger partial charge in [0.1, 0.15) is 11.5 Å². The van der Waals surface area contributed by atoms with Gasteiger partial charge < -0.3 is 9.84 Å². The lowest BCUT2D eigenvalue weighted by Crippen LogP contribution is -2.28. The van der Waals surface area contributed by atoms with Crippen molar-refractivity contribution in [3.8, 4) is 11.5 Å². The predicted molar refractivity (Wildman–Crippen MR) is 91.1 cm³/mol. The molecule has 0 amide bonds. The Kier molecular flexibility index (Phi) is 3.78. The fourth-order valence-electron chi connectivity index (χ4n) is 2.47. The Labute approximate surface area is 135 Å². The number of carboxylic acid groups (broad SMARTS) is 1. The van der Waals surface area contributed by atoms with E-state index in [9.17, 15) is 9.90 Å².